The van der Waals surface area contributed by atoms with Gasteiger partial charge in [0.15, 0.2) is 0 Å². The number of anilines is 1. The predicted molar refractivity (Wildman–Crippen MR) is 83.0 cm³/mol. The van der Waals surface area contributed by atoms with Gasteiger partial charge in [0.25, 0.3) is 0 Å². The number of aromatic nitrogens is 1. The normalized spacial score (nSPS) is 10.4. The lowest BCUT2D eigenvalue weighted by Gasteiger charge is -2.10. The van der Waals surface area contributed by atoms with Crippen molar-refractivity contribution >= 4 is 17.0 Å². The van der Waals surface area contributed by atoms with E-state index in [1.165, 1.54) is 16.6 Å². The van der Waals surface area contributed by atoms with E-state index >= 15 is 0 Å². The van der Waals surface area contributed by atoms with Crippen molar-refractivity contribution in [1.29, 1.82) is 0 Å². The van der Waals surface area contributed by atoms with Gasteiger partial charge in [0.2, 0.25) is 0 Å². The van der Waals surface area contributed by atoms with Gasteiger partial charge in [-0.25, -0.2) is 0 Å². The molecule has 20 heavy (non-hydrogen) atoms. The molecule has 0 amide bonds. The second kappa shape index (κ2) is 5.75. The molecule has 2 aromatic heterocycles. The summed E-state index contributed by atoms with van der Waals surface area (Å²) in [5.74, 6) is 0.188. The molecule has 2 N–H and O–H groups in total. The summed E-state index contributed by atoms with van der Waals surface area (Å²) in [5.41, 5.74) is 3.18. The molecule has 0 fully saturated rings. The number of nitrogens with zero attached hydrogens (tertiary/aromatic N) is 1. The average molecular weight is 282 g/mol. The molecule has 0 saturated heterocycles. The molecule has 0 unspecified atom stereocenters. The van der Waals surface area contributed by atoms with Gasteiger partial charge in [-0.05, 0) is 29.6 Å². The Hall–Kier alpha value is -2.33. The number of para-hydroxylation sites is 1. The van der Waals surface area contributed by atoms with Crippen molar-refractivity contribution in [2.45, 2.75) is 6.54 Å². The molecule has 1 aromatic carbocycles. The number of benzene rings is 1. The van der Waals surface area contributed by atoms with E-state index in [1.54, 1.807) is 17.4 Å². The highest BCUT2D eigenvalue weighted by Crippen LogP contribution is 2.31. The van der Waals surface area contributed by atoms with Crippen LogP contribution in [-0.4, -0.2) is 10.1 Å². The molecule has 3 rings (SSSR count). The third-order valence-electron chi connectivity index (χ3n) is 2.98. The molecule has 0 aliphatic carbocycles. The zero-order valence-electron chi connectivity index (χ0n) is 10.8. The maximum Gasteiger partial charge on any atom is 0.133 e. The lowest BCUT2D eigenvalue weighted by Crippen LogP contribution is -2.02. The van der Waals surface area contributed by atoms with E-state index in [1.807, 2.05) is 18.2 Å². The van der Waals surface area contributed by atoms with Crippen molar-refractivity contribution in [3.8, 4) is 16.2 Å². The average Bonchev–Trinajstić information content (AvgIpc) is 3.01. The monoisotopic (exact) mass is 282 g/mol. The van der Waals surface area contributed by atoms with Crippen LogP contribution in [0.15, 0.2) is 60.1 Å². The van der Waals surface area contributed by atoms with E-state index in [2.05, 4.69) is 39.9 Å². The molecule has 2 heterocycles. The van der Waals surface area contributed by atoms with Crippen LogP contribution in [0.5, 0.6) is 5.75 Å². The van der Waals surface area contributed by atoms with Crippen LogP contribution in [0.3, 0.4) is 0 Å². The zero-order chi connectivity index (χ0) is 13.8. The van der Waals surface area contributed by atoms with Crippen LogP contribution in [0.2, 0.25) is 0 Å². The molecule has 0 saturated carbocycles. The second-order valence-corrected chi connectivity index (χ2v) is 5.33. The van der Waals surface area contributed by atoms with Gasteiger partial charge >= 0.3 is 0 Å². The van der Waals surface area contributed by atoms with E-state index in [0.29, 0.717) is 6.54 Å². The standard InChI is InChI=1S/C16H14N2OS/c19-13-8-7-12(17-11-13)10-18-15-5-2-1-4-14(15)16-6-3-9-20-16/h1-9,11,18-19H,10H2. The van der Waals surface area contributed by atoms with Gasteiger partial charge in [0.1, 0.15) is 5.75 Å². The number of thiophene rings is 1. The fourth-order valence-electron chi connectivity index (χ4n) is 1.99. The van der Waals surface area contributed by atoms with Crippen molar-refractivity contribution in [1.82, 2.24) is 4.98 Å². The Morgan fingerprint density at radius 1 is 1.05 bits per heavy atom. The minimum Gasteiger partial charge on any atom is -0.506 e. The number of aromatic hydroxyl groups is 1. The Bertz CT molecular complexity index is 678. The molecule has 4 heteroatoms. The maximum atomic E-state index is 9.23. The van der Waals surface area contributed by atoms with Gasteiger partial charge in [-0.2, -0.15) is 0 Å². The fraction of sp³-hybridized carbons (Fsp3) is 0.0625. The van der Waals surface area contributed by atoms with E-state index in [-0.39, 0.29) is 5.75 Å². The Morgan fingerprint density at radius 3 is 2.70 bits per heavy atom. The van der Waals surface area contributed by atoms with Crippen molar-refractivity contribution in [2.75, 3.05) is 5.32 Å². The quantitative estimate of drug-likeness (QED) is 0.756. The summed E-state index contributed by atoms with van der Waals surface area (Å²) in [6, 6.07) is 15.9. The Labute approximate surface area is 121 Å². The van der Waals surface area contributed by atoms with Gasteiger partial charge in [0.05, 0.1) is 18.4 Å². The number of pyridine rings is 1. The summed E-state index contributed by atoms with van der Waals surface area (Å²) < 4.78 is 0. The van der Waals surface area contributed by atoms with Crippen LogP contribution in [-0.2, 0) is 6.54 Å². The van der Waals surface area contributed by atoms with E-state index in [4.69, 9.17) is 0 Å². The first-order chi connectivity index (χ1) is 9.83. The minimum atomic E-state index is 0.188. The highest BCUT2D eigenvalue weighted by Gasteiger charge is 2.05. The Morgan fingerprint density at radius 2 is 1.95 bits per heavy atom. The molecule has 0 spiro atoms. The molecular formula is C16H14N2OS. The fourth-order valence-corrected chi connectivity index (χ4v) is 2.76. The van der Waals surface area contributed by atoms with Gasteiger partial charge in [0, 0.05) is 16.1 Å². The largest absolute Gasteiger partial charge is 0.506 e. The summed E-state index contributed by atoms with van der Waals surface area (Å²) in [4.78, 5) is 5.42. The summed E-state index contributed by atoms with van der Waals surface area (Å²) in [5, 5.41) is 14.7. The summed E-state index contributed by atoms with van der Waals surface area (Å²) in [6.45, 7) is 0.628. The number of hydrogen-bond acceptors (Lipinski definition) is 4. The summed E-state index contributed by atoms with van der Waals surface area (Å²) in [6.07, 6.45) is 1.46. The number of rotatable bonds is 4. The first-order valence-corrected chi connectivity index (χ1v) is 7.21. The Balaban J connectivity index is 1.79. The summed E-state index contributed by atoms with van der Waals surface area (Å²) in [7, 11) is 0. The van der Waals surface area contributed by atoms with E-state index in [9.17, 15) is 5.11 Å². The summed E-state index contributed by atoms with van der Waals surface area (Å²) >= 11 is 1.73. The molecular weight excluding hydrogens is 268 g/mol. The van der Waals surface area contributed by atoms with Crippen molar-refractivity contribution in [3.63, 3.8) is 0 Å². The van der Waals surface area contributed by atoms with Crippen molar-refractivity contribution in [2.24, 2.45) is 0 Å². The third-order valence-corrected chi connectivity index (χ3v) is 3.89. The molecule has 100 valence electrons. The molecule has 0 aliphatic heterocycles. The predicted octanol–water partition coefficient (Wildman–Crippen LogP) is 4.13. The molecule has 0 aliphatic rings. The molecule has 3 nitrogen and oxygen atoms in total. The van der Waals surface area contributed by atoms with Gasteiger partial charge < -0.3 is 10.4 Å². The van der Waals surface area contributed by atoms with Crippen molar-refractivity contribution < 1.29 is 5.11 Å². The molecule has 0 atom stereocenters. The second-order valence-electron chi connectivity index (χ2n) is 4.38. The van der Waals surface area contributed by atoms with E-state index < -0.39 is 0 Å². The lowest BCUT2D eigenvalue weighted by atomic mass is 10.1. The Kier molecular flexibility index (Phi) is 3.65. The topological polar surface area (TPSA) is 45.1 Å². The molecule has 0 radical (unpaired) electrons. The van der Waals surface area contributed by atoms with Gasteiger partial charge in [-0.1, -0.05) is 24.3 Å². The number of nitrogens with one attached hydrogen (secondary N) is 1. The number of hydrogen-bond donors (Lipinski definition) is 2. The SMILES string of the molecule is Oc1ccc(CNc2ccccc2-c2cccs2)nc1. The maximum absolute atomic E-state index is 9.23. The molecule has 0 bridgehead atoms. The first kappa shape index (κ1) is 12.7. The van der Waals surface area contributed by atoms with Gasteiger partial charge in [-0.15, -0.1) is 11.3 Å². The van der Waals surface area contributed by atoms with Crippen molar-refractivity contribution in [3.05, 3.63) is 65.8 Å². The highest BCUT2D eigenvalue weighted by atomic mass is 32.1. The van der Waals surface area contributed by atoms with E-state index in [0.717, 1.165) is 11.4 Å². The first-order valence-electron chi connectivity index (χ1n) is 6.33. The van der Waals surface area contributed by atoms with Crippen LogP contribution in [0, 0.1) is 0 Å². The van der Waals surface area contributed by atoms with Gasteiger partial charge in [-0.3, -0.25) is 4.98 Å². The van der Waals surface area contributed by atoms with Crippen LogP contribution in [0.4, 0.5) is 5.69 Å². The van der Waals surface area contributed by atoms with Crippen LogP contribution < -0.4 is 5.32 Å². The van der Waals surface area contributed by atoms with Crippen LogP contribution in [0.1, 0.15) is 5.69 Å². The third kappa shape index (κ3) is 2.81. The smallest absolute Gasteiger partial charge is 0.133 e. The van der Waals surface area contributed by atoms with Crippen LogP contribution >= 0.6 is 11.3 Å². The van der Waals surface area contributed by atoms with Crippen LogP contribution in [0.25, 0.3) is 10.4 Å². The minimum absolute atomic E-state index is 0.188. The lowest BCUT2D eigenvalue weighted by molar-refractivity contribution is 0.472. The zero-order valence-corrected chi connectivity index (χ0v) is 11.6. The highest BCUT2D eigenvalue weighted by molar-refractivity contribution is 7.13. The molecule has 3 aromatic rings.